The van der Waals surface area contributed by atoms with Gasteiger partial charge in [-0.15, -0.1) is 0 Å². The third kappa shape index (κ3) is 2.69. The lowest BCUT2D eigenvalue weighted by Crippen LogP contribution is -2.38. The lowest BCUT2D eigenvalue weighted by Gasteiger charge is -2.28. The Balaban J connectivity index is 4.12. The maximum Gasteiger partial charge on any atom is 0.290 e. The summed E-state index contributed by atoms with van der Waals surface area (Å²) in [5.41, 5.74) is 0. The summed E-state index contributed by atoms with van der Waals surface area (Å²) in [5.74, 6) is 0. The summed E-state index contributed by atoms with van der Waals surface area (Å²) in [7, 11) is 0. The van der Waals surface area contributed by atoms with Crippen molar-refractivity contribution in [2.45, 2.75) is 39.8 Å². The molecule has 0 aromatic rings. The Labute approximate surface area is 70.7 Å². The molecule has 60 valence electrons. The molecule has 0 spiro atoms. The molecule has 1 amide bonds. The van der Waals surface area contributed by atoms with Gasteiger partial charge in [0, 0.05) is 28.0 Å². The molecule has 0 aromatic carbocycles. The second-order valence-electron chi connectivity index (χ2n) is 2.85. The zero-order chi connectivity index (χ0) is 8.31. The van der Waals surface area contributed by atoms with Crippen molar-refractivity contribution in [3.63, 3.8) is 0 Å². The second-order valence-corrected chi connectivity index (χ2v) is 3.53. The average molecular weight is 208 g/mol. The van der Waals surface area contributed by atoms with E-state index in [-0.39, 0.29) is 16.9 Å². The number of carbonyl (C=O) groups excluding carboxylic acids is 1. The van der Waals surface area contributed by atoms with E-state index in [2.05, 4.69) is 15.9 Å². The van der Waals surface area contributed by atoms with Crippen molar-refractivity contribution < 1.29 is 4.79 Å². The van der Waals surface area contributed by atoms with Crippen LogP contribution in [0.4, 0.5) is 4.79 Å². The second kappa shape index (κ2) is 3.96. The molecule has 0 fully saturated rings. The SMILES string of the molecule is CC(C)N(C(=O)Br)C(C)C. The highest BCUT2D eigenvalue weighted by Gasteiger charge is 2.16. The first-order valence-electron chi connectivity index (χ1n) is 3.44. The number of hydrogen-bond acceptors (Lipinski definition) is 1. The molecule has 0 heterocycles. The molecule has 0 atom stereocenters. The third-order valence-electron chi connectivity index (χ3n) is 1.32. The summed E-state index contributed by atoms with van der Waals surface area (Å²) >= 11 is 2.93. The summed E-state index contributed by atoms with van der Waals surface area (Å²) in [6.07, 6.45) is 0. The van der Waals surface area contributed by atoms with Crippen LogP contribution >= 0.6 is 15.9 Å². The van der Waals surface area contributed by atoms with Crippen LogP contribution in [0, 0.1) is 0 Å². The molecular weight excluding hydrogens is 194 g/mol. The average Bonchev–Trinajstić information content (AvgIpc) is 1.59. The highest BCUT2D eigenvalue weighted by Crippen LogP contribution is 2.09. The summed E-state index contributed by atoms with van der Waals surface area (Å²) in [5, 5.41) is 0. The number of carbonyl (C=O) groups is 1. The zero-order valence-electron chi connectivity index (χ0n) is 6.89. The van der Waals surface area contributed by atoms with Gasteiger partial charge < -0.3 is 4.90 Å². The molecule has 0 N–H and O–H groups in total. The van der Waals surface area contributed by atoms with Crippen molar-refractivity contribution in [3.05, 3.63) is 0 Å². The van der Waals surface area contributed by atoms with E-state index in [1.807, 2.05) is 27.7 Å². The monoisotopic (exact) mass is 207 g/mol. The highest BCUT2D eigenvalue weighted by molar-refractivity contribution is 9.18. The first-order chi connectivity index (χ1) is 4.46. The molecule has 0 aliphatic carbocycles. The van der Waals surface area contributed by atoms with Gasteiger partial charge in [0.1, 0.15) is 0 Å². The minimum atomic E-state index is -0.0301. The van der Waals surface area contributed by atoms with Crippen molar-refractivity contribution in [2.24, 2.45) is 0 Å². The van der Waals surface area contributed by atoms with E-state index < -0.39 is 0 Å². The first kappa shape index (κ1) is 9.95. The van der Waals surface area contributed by atoms with Gasteiger partial charge in [0.05, 0.1) is 0 Å². The molecule has 10 heavy (non-hydrogen) atoms. The van der Waals surface area contributed by atoms with Crippen LogP contribution in [0.3, 0.4) is 0 Å². The van der Waals surface area contributed by atoms with E-state index in [9.17, 15) is 4.79 Å². The zero-order valence-corrected chi connectivity index (χ0v) is 8.47. The van der Waals surface area contributed by atoms with Crippen LogP contribution in [0.15, 0.2) is 0 Å². The molecule has 0 aliphatic heterocycles. The van der Waals surface area contributed by atoms with Crippen LogP contribution in [0.5, 0.6) is 0 Å². The molecule has 0 radical (unpaired) electrons. The van der Waals surface area contributed by atoms with Gasteiger partial charge in [-0.25, -0.2) is 0 Å². The smallest absolute Gasteiger partial charge is 0.290 e. The fourth-order valence-corrected chi connectivity index (χ4v) is 1.82. The van der Waals surface area contributed by atoms with Gasteiger partial charge in [0.2, 0.25) is 0 Å². The van der Waals surface area contributed by atoms with Crippen molar-refractivity contribution in [2.75, 3.05) is 0 Å². The molecular formula is C7H14BrNO. The Morgan fingerprint density at radius 2 is 1.50 bits per heavy atom. The van der Waals surface area contributed by atoms with Crippen LogP contribution in [0.2, 0.25) is 0 Å². The topological polar surface area (TPSA) is 20.3 Å². The van der Waals surface area contributed by atoms with E-state index in [0.29, 0.717) is 0 Å². The van der Waals surface area contributed by atoms with Crippen LogP contribution in [-0.4, -0.2) is 21.8 Å². The van der Waals surface area contributed by atoms with E-state index in [4.69, 9.17) is 0 Å². The van der Waals surface area contributed by atoms with Gasteiger partial charge in [-0.2, -0.15) is 0 Å². The van der Waals surface area contributed by atoms with Gasteiger partial charge in [0.25, 0.3) is 4.82 Å². The largest absolute Gasteiger partial charge is 0.328 e. The Hall–Kier alpha value is -0.0500. The summed E-state index contributed by atoms with van der Waals surface area (Å²) in [6, 6.07) is 0.541. The third-order valence-corrected chi connectivity index (χ3v) is 1.73. The molecule has 3 heteroatoms. The number of rotatable bonds is 2. The number of amides is 1. The molecule has 0 saturated heterocycles. The molecule has 0 rings (SSSR count). The predicted octanol–water partition coefficient (Wildman–Crippen LogP) is 2.62. The summed E-state index contributed by atoms with van der Waals surface area (Å²) in [6.45, 7) is 8.00. The van der Waals surface area contributed by atoms with E-state index in [0.717, 1.165) is 0 Å². The molecule has 0 aromatic heterocycles. The van der Waals surface area contributed by atoms with Crippen molar-refractivity contribution in [1.29, 1.82) is 0 Å². The maximum absolute atomic E-state index is 10.9. The Morgan fingerprint density at radius 1 is 1.20 bits per heavy atom. The fourth-order valence-electron chi connectivity index (χ4n) is 1.00. The fraction of sp³-hybridized carbons (Fsp3) is 0.857. The van der Waals surface area contributed by atoms with Crippen LogP contribution < -0.4 is 0 Å². The molecule has 0 aliphatic rings. The van der Waals surface area contributed by atoms with E-state index in [1.54, 1.807) is 4.90 Å². The summed E-state index contributed by atoms with van der Waals surface area (Å²) in [4.78, 5) is 12.6. The number of halogens is 1. The van der Waals surface area contributed by atoms with Gasteiger partial charge in [0.15, 0.2) is 0 Å². The molecule has 0 unspecified atom stereocenters. The van der Waals surface area contributed by atoms with Gasteiger partial charge in [-0.05, 0) is 27.7 Å². The van der Waals surface area contributed by atoms with Gasteiger partial charge in [-0.3, -0.25) is 4.79 Å². The quantitative estimate of drug-likeness (QED) is 0.504. The standard InChI is InChI=1S/C7H14BrNO/c1-5(2)9(6(3)4)7(8)10/h5-6H,1-4H3. The van der Waals surface area contributed by atoms with E-state index >= 15 is 0 Å². The minimum Gasteiger partial charge on any atom is -0.328 e. The first-order valence-corrected chi connectivity index (χ1v) is 4.24. The normalized spacial score (nSPS) is 10.7. The van der Waals surface area contributed by atoms with Crippen LogP contribution in [-0.2, 0) is 0 Å². The summed E-state index contributed by atoms with van der Waals surface area (Å²) < 4.78 is 0. The van der Waals surface area contributed by atoms with Crippen molar-refractivity contribution in [3.8, 4) is 0 Å². The lowest BCUT2D eigenvalue weighted by molar-refractivity contribution is 0.191. The number of hydrogen-bond donors (Lipinski definition) is 0. The van der Waals surface area contributed by atoms with Gasteiger partial charge >= 0.3 is 0 Å². The van der Waals surface area contributed by atoms with Crippen LogP contribution in [0.25, 0.3) is 0 Å². The number of nitrogens with zero attached hydrogens (tertiary/aromatic N) is 1. The van der Waals surface area contributed by atoms with Crippen LogP contribution in [0.1, 0.15) is 27.7 Å². The Morgan fingerprint density at radius 3 is 1.50 bits per heavy atom. The van der Waals surface area contributed by atoms with Gasteiger partial charge in [-0.1, -0.05) is 0 Å². The maximum atomic E-state index is 10.9. The predicted molar refractivity (Wildman–Crippen MR) is 46.4 cm³/mol. The Bertz CT molecular complexity index is 115. The molecule has 0 bridgehead atoms. The molecule has 0 saturated carbocycles. The van der Waals surface area contributed by atoms with Crippen molar-refractivity contribution >= 4 is 20.7 Å². The van der Waals surface area contributed by atoms with E-state index in [1.165, 1.54) is 0 Å². The lowest BCUT2D eigenvalue weighted by atomic mass is 10.2. The minimum absolute atomic E-state index is 0.0301. The Kier molecular flexibility index (Phi) is 3.94. The van der Waals surface area contributed by atoms with Crippen molar-refractivity contribution in [1.82, 2.24) is 4.90 Å². The highest BCUT2D eigenvalue weighted by atomic mass is 79.9. The molecule has 2 nitrogen and oxygen atoms in total.